The second-order valence-corrected chi connectivity index (χ2v) is 4.41. The van der Waals surface area contributed by atoms with Gasteiger partial charge in [-0.2, -0.15) is 0 Å². The van der Waals surface area contributed by atoms with Gasteiger partial charge in [0.25, 0.3) is 0 Å². The van der Waals surface area contributed by atoms with Crippen molar-refractivity contribution in [3.8, 4) is 0 Å². The van der Waals surface area contributed by atoms with Crippen LogP contribution in [0.1, 0.15) is 5.56 Å². The number of nitrogens with zero attached hydrogens (tertiary/aromatic N) is 2. The fraction of sp³-hybridized carbons (Fsp3) is 0.0769. The lowest BCUT2D eigenvalue weighted by Crippen LogP contribution is -1.88. The zero-order valence-corrected chi connectivity index (χ0v) is 10.7. The van der Waals surface area contributed by atoms with Crippen LogP contribution in [0, 0.1) is 0 Å². The molecule has 0 aliphatic carbocycles. The third kappa shape index (κ3) is 1.46. The molecule has 2 heterocycles. The molecule has 3 aromatic rings. The number of pyridine rings is 2. The minimum atomic E-state index is 0.991. The molecule has 0 saturated heterocycles. The first-order chi connectivity index (χ1) is 7.90. The summed E-state index contributed by atoms with van der Waals surface area (Å²) in [4.78, 5) is 8.87. The van der Waals surface area contributed by atoms with Crippen LogP contribution in [0.2, 0.25) is 0 Å². The molecule has 16 heavy (non-hydrogen) atoms. The minimum absolute atomic E-state index is 0.991. The van der Waals surface area contributed by atoms with Crippen molar-refractivity contribution >= 4 is 44.4 Å². The second-order valence-electron chi connectivity index (χ2n) is 3.64. The molecule has 3 heteroatoms. The molecule has 0 fully saturated rings. The molecular formula is C13H9IN2. The van der Waals surface area contributed by atoms with Crippen LogP contribution in [0.3, 0.4) is 0 Å². The first-order valence-electron chi connectivity index (χ1n) is 5.07. The van der Waals surface area contributed by atoms with E-state index in [0.717, 1.165) is 15.5 Å². The first kappa shape index (κ1) is 9.96. The molecule has 0 N–H and O–H groups in total. The highest BCUT2D eigenvalue weighted by molar-refractivity contribution is 14.1. The molecule has 78 valence electrons. The standard InChI is InChI=1S/C13H9IN2/c14-8-10-7-9-3-1-5-15-12(9)13-11(10)4-2-6-16-13/h1-7H,8H2. The molecule has 0 aliphatic rings. The molecule has 0 radical (unpaired) electrons. The molecule has 3 rings (SSSR count). The summed E-state index contributed by atoms with van der Waals surface area (Å²) < 4.78 is 0.991. The van der Waals surface area contributed by atoms with E-state index in [2.05, 4.69) is 50.8 Å². The van der Waals surface area contributed by atoms with Crippen LogP contribution in [0.5, 0.6) is 0 Å². The molecule has 0 spiro atoms. The van der Waals surface area contributed by atoms with Crippen LogP contribution >= 0.6 is 22.6 Å². The Hall–Kier alpha value is -1.23. The van der Waals surface area contributed by atoms with Crippen LogP contribution in [0.25, 0.3) is 21.8 Å². The number of halogens is 1. The summed E-state index contributed by atoms with van der Waals surface area (Å²) in [6.45, 7) is 0. The smallest absolute Gasteiger partial charge is 0.0967 e. The fourth-order valence-electron chi connectivity index (χ4n) is 1.96. The van der Waals surface area contributed by atoms with Crippen LogP contribution in [0.4, 0.5) is 0 Å². The van der Waals surface area contributed by atoms with Crippen molar-refractivity contribution in [2.45, 2.75) is 4.43 Å². The van der Waals surface area contributed by atoms with E-state index in [4.69, 9.17) is 0 Å². The molecule has 0 aliphatic heterocycles. The Labute approximate surface area is 107 Å². The summed E-state index contributed by atoms with van der Waals surface area (Å²) in [6, 6.07) is 10.4. The lowest BCUT2D eigenvalue weighted by molar-refractivity contribution is 1.36. The Balaban J connectivity index is 2.57. The van der Waals surface area contributed by atoms with E-state index >= 15 is 0 Å². The summed E-state index contributed by atoms with van der Waals surface area (Å²) >= 11 is 2.39. The lowest BCUT2D eigenvalue weighted by Gasteiger charge is -2.06. The number of benzene rings is 1. The predicted octanol–water partition coefficient (Wildman–Crippen LogP) is 3.72. The number of fused-ring (bicyclic) bond motifs is 3. The van der Waals surface area contributed by atoms with Crippen molar-refractivity contribution in [1.82, 2.24) is 9.97 Å². The number of hydrogen-bond donors (Lipinski definition) is 0. The van der Waals surface area contributed by atoms with Crippen LogP contribution in [-0.2, 0) is 4.43 Å². The number of rotatable bonds is 1. The van der Waals surface area contributed by atoms with Crippen molar-refractivity contribution in [3.05, 3.63) is 48.3 Å². The molecule has 1 aromatic carbocycles. The third-order valence-corrected chi connectivity index (χ3v) is 3.51. The highest BCUT2D eigenvalue weighted by Gasteiger charge is 2.06. The van der Waals surface area contributed by atoms with E-state index < -0.39 is 0 Å². The van der Waals surface area contributed by atoms with Gasteiger partial charge in [-0.3, -0.25) is 9.97 Å². The average molecular weight is 320 g/mol. The van der Waals surface area contributed by atoms with Gasteiger partial charge in [-0.05, 0) is 23.8 Å². The summed E-state index contributed by atoms with van der Waals surface area (Å²) in [5, 5.41) is 2.38. The monoisotopic (exact) mass is 320 g/mol. The maximum absolute atomic E-state index is 4.45. The molecule has 0 unspecified atom stereocenters. The Kier molecular flexibility index (Phi) is 2.47. The van der Waals surface area contributed by atoms with Crippen molar-refractivity contribution in [3.63, 3.8) is 0 Å². The van der Waals surface area contributed by atoms with Gasteiger partial charge in [-0.1, -0.05) is 34.7 Å². The van der Waals surface area contributed by atoms with Gasteiger partial charge in [-0.25, -0.2) is 0 Å². The largest absolute Gasteiger partial charge is 0.254 e. The van der Waals surface area contributed by atoms with Crippen molar-refractivity contribution < 1.29 is 0 Å². The normalized spacial score (nSPS) is 11.1. The summed E-state index contributed by atoms with van der Waals surface area (Å²) in [7, 11) is 0. The molecule has 0 saturated carbocycles. The van der Waals surface area contributed by atoms with Gasteiger partial charge in [0, 0.05) is 27.6 Å². The lowest BCUT2D eigenvalue weighted by atomic mass is 10.1. The van der Waals surface area contributed by atoms with Crippen molar-refractivity contribution in [2.75, 3.05) is 0 Å². The highest BCUT2D eigenvalue weighted by Crippen LogP contribution is 2.26. The fourth-order valence-corrected chi connectivity index (χ4v) is 2.59. The Morgan fingerprint density at radius 2 is 1.75 bits per heavy atom. The SMILES string of the molecule is ICc1cc2cccnc2c2ncccc12. The van der Waals surface area contributed by atoms with Gasteiger partial charge in [0.2, 0.25) is 0 Å². The quantitative estimate of drug-likeness (QED) is 0.388. The number of alkyl halides is 1. The van der Waals surface area contributed by atoms with E-state index in [0.29, 0.717) is 0 Å². The topological polar surface area (TPSA) is 25.8 Å². The average Bonchev–Trinajstić information content (AvgIpc) is 2.38. The second kappa shape index (κ2) is 3.97. The van der Waals surface area contributed by atoms with Crippen LogP contribution < -0.4 is 0 Å². The highest BCUT2D eigenvalue weighted by atomic mass is 127. The summed E-state index contributed by atoms with van der Waals surface area (Å²) in [5.74, 6) is 0. The molecule has 0 bridgehead atoms. The van der Waals surface area contributed by atoms with Crippen LogP contribution in [0.15, 0.2) is 42.7 Å². The Morgan fingerprint density at radius 3 is 2.56 bits per heavy atom. The van der Waals surface area contributed by atoms with Gasteiger partial charge in [0.15, 0.2) is 0 Å². The molecule has 0 atom stereocenters. The van der Waals surface area contributed by atoms with E-state index in [9.17, 15) is 0 Å². The van der Waals surface area contributed by atoms with E-state index in [-0.39, 0.29) is 0 Å². The van der Waals surface area contributed by atoms with Gasteiger partial charge >= 0.3 is 0 Å². The zero-order chi connectivity index (χ0) is 11.0. The minimum Gasteiger partial charge on any atom is -0.254 e. The summed E-state index contributed by atoms with van der Waals surface area (Å²) in [5.41, 5.74) is 3.32. The zero-order valence-electron chi connectivity index (χ0n) is 8.52. The molecular weight excluding hydrogens is 311 g/mol. The van der Waals surface area contributed by atoms with Crippen LogP contribution in [-0.4, -0.2) is 9.97 Å². The maximum atomic E-state index is 4.45. The maximum Gasteiger partial charge on any atom is 0.0967 e. The predicted molar refractivity (Wildman–Crippen MR) is 74.8 cm³/mol. The molecule has 0 amide bonds. The molecule has 2 aromatic heterocycles. The van der Waals surface area contributed by atoms with Gasteiger partial charge in [0.05, 0.1) is 11.0 Å². The van der Waals surface area contributed by atoms with E-state index in [1.807, 2.05) is 24.5 Å². The van der Waals surface area contributed by atoms with E-state index in [1.165, 1.54) is 16.3 Å². The Bertz CT molecular complexity index is 664. The number of aromatic nitrogens is 2. The van der Waals surface area contributed by atoms with E-state index in [1.54, 1.807) is 0 Å². The van der Waals surface area contributed by atoms with Crippen molar-refractivity contribution in [1.29, 1.82) is 0 Å². The van der Waals surface area contributed by atoms with Gasteiger partial charge < -0.3 is 0 Å². The number of hydrogen-bond acceptors (Lipinski definition) is 2. The van der Waals surface area contributed by atoms with Gasteiger partial charge in [0.1, 0.15) is 0 Å². The van der Waals surface area contributed by atoms with Gasteiger partial charge in [-0.15, -0.1) is 0 Å². The summed E-state index contributed by atoms with van der Waals surface area (Å²) in [6.07, 6.45) is 3.65. The third-order valence-electron chi connectivity index (χ3n) is 2.69. The first-order valence-corrected chi connectivity index (χ1v) is 6.60. The Morgan fingerprint density at radius 1 is 1.00 bits per heavy atom. The molecule has 2 nitrogen and oxygen atoms in total. The van der Waals surface area contributed by atoms with Crippen molar-refractivity contribution in [2.24, 2.45) is 0 Å².